The maximum Gasteiger partial charge on any atom is 0.333 e. The SMILES string of the molecule is Cn1c(O)c(C(=O)/C=C/c2ccc3c(c2)OCO3)c(=O)n(C)c1=O. The largest absolute Gasteiger partial charge is 0.494 e. The molecule has 0 saturated heterocycles. The third-order valence-electron chi connectivity index (χ3n) is 3.70. The fraction of sp³-hybridized carbons (Fsp3) is 0.188. The molecule has 0 fully saturated rings. The molecule has 2 aromatic rings. The summed E-state index contributed by atoms with van der Waals surface area (Å²) in [6.45, 7) is 0.142. The van der Waals surface area contributed by atoms with Crippen LogP contribution in [0.15, 0.2) is 33.9 Å². The summed E-state index contributed by atoms with van der Waals surface area (Å²) in [5.74, 6) is -0.196. The van der Waals surface area contributed by atoms with E-state index in [1.165, 1.54) is 20.2 Å². The maximum atomic E-state index is 12.3. The number of nitrogens with zero attached hydrogens (tertiary/aromatic N) is 2. The number of allylic oxidation sites excluding steroid dienone is 1. The molecule has 24 heavy (non-hydrogen) atoms. The first kappa shape index (κ1) is 15.6. The van der Waals surface area contributed by atoms with Crippen molar-refractivity contribution in [1.82, 2.24) is 9.13 Å². The number of aromatic nitrogens is 2. The molecule has 8 heteroatoms. The average molecular weight is 330 g/mol. The molecule has 0 saturated carbocycles. The minimum atomic E-state index is -0.851. The predicted octanol–water partition coefficient (Wildman–Crippen LogP) is 0.414. The maximum absolute atomic E-state index is 12.3. The zero-order chi connectivity index (χ0) is 17.4. The summed E-state index contributed by atoms with van der Waals surface area (Å²) in [5, 5.41) is 9.94. The van der Waals surface area contributed by atoms with Gasteiger partial charge in [-0.3, -0.25) is 18.7 Å². The van der Waals surface area contributed by atoms with Gasteiger partial charge in [-0.2, -0.15) is 0 Å². The number of benzene rings is 1. The molecular weight excluding hydrogens is 316 g/mol. The van der Waals surface area contributed by atoms with E-state index in [1.54, 1.807) is 18.2 Å². The molecule has 2 heterocycles. The average Bonchev–Trinajstić information content (AvgIpc) is 3.04. The van der Waals surface area contributed by atoms with Gasteiger partial charge in [0, 0.05) is 14.1 Å². The predicted molar refractivity (Wildman–Crippen MR) is 84.5 cm³/mol. The summed E-state index contributed by atoms with van der Waals surface area (Å²) in [7, 11) is 2.51. The van der Waals surface area contributed by atoms with E-state index in [0.29, 0.717) is 17.1 Å². The van der Waals surface area contributed by atoms with Crippen molar-refractivity contribution in [3.8, 4) is 17.4 Å². The van der Waals surface area contributed by atoms with Crippen molar-refractivity contribution in [2.75, 3.05) is 6.79 Å². The molecule has 0 unspecified atom stereocenters. The van der Waals surface area contributed by atoms with Gasteiger partial charge in [-0.25, -0.2) is 4.79 Å². The lowest BCUT2D eigenvalue weighted by Crippen LogP contribution is -2.39. The molecule has 0 spiro atoms. The number of aromatic hydroxyl groups is 1. The minimum absolute atomic E-state index is 0.142. The number of ketones is 1. The topological polar surface area (TPSA) is 99.8 Å². The summed E-state index contributed by atoms with van der Waals surface area (Å²) in [5.41, 5.74) is -1.37. The monoisotopic (exact) mass is 330 g/mol. The Kier molecular flexibility index (Phi) is 3.72. The van der Waals surface area contributed by atoms with E-state index in [4.69, 9.17) is 9.47 Å². The van der Waals surface area contributed by atoms with E-state index in [2.05, 4.69) is 0 Å². The van der Waals surface area contributed by atoms with E-state index in [0.717, 1.165) is 15.2 Å². The fourth-order valence-corrected chi connectivity index (χ4v) is 2.32. The summed E-state index contributed by atoms with van der Waals surface area (Å²) >= 11 is 0. The summed E-state index contributed by atoms with van der Waals surface area (Å²) < 4.78 is 12.0. The van der Waals surface area contributed by atoms with Gasteiger partial charge < -0.3 is 14.6 Å². The highest BCUT2D eigenvalue weighted by molar-refractivity contribution is 6.08. The van der Waals surface area contributed by atoms with Crippen LogP contribution in [0.4, 0.5) is 0 Å². The van der Waals surface area contributed by atoms with Crippen molar-refractivity contribution in [3.05, 3.63) is 56.2 Å². The van der Waals surface area contributed by atoms with Crippen LogP contribution in [0.3, 0.4) is 0 Å². The summed E-state index contributed by atoms with van der Waals surface area (Å²) in [6.07, 6.45) is 2.63. The molecule has 3 rings (SSSR count). The zero-order valence-electron chi connectivity index (χ0n) is 13.0. The van der Waals surface area contributed by atoms with E-state index in [9.17, 15) is 19.5 Å². The first-order valence-electron chi connectivity index (χ1n) is 7.01. The van der Waals surface area contributed by atoms with E-state index < -0.39 is 28.5 Å². The summed E-state index contributed by atoms with van der Waals surface area (Å²) in [4.78, 5) is 36.0. The van der Waals surface area contributed by atoms with Crippen molar-refractivity contribution < 1.29 is 19.4 Å². The Morgan fingerprint density at radius 2 is 1.88 bits per heavy atom. The molecule has 0 atom stereocenters. The number of hydrogen-bond acceptors (Lipinski definition) is 6. The van der Waals surface area contributed by atoms with Crippen LogP contribution >= 0.6 is 0 Å². The van der Waals surface area contributed by atoms with Crippen molar-refractivity contribution in [2.24, 2.45) is 14.1 Å². The summed E-state index contributed by atoms with van der Waals surface area (Å²) in [6, 6.07) is 5.11. The highest BCUT2D eigenvalue weighted by atomic mass is 16.7. The number of hydrogen-bond donors (Lipinski definition) is 1. The number of carbonyl (C=O) groups is 1. The third kappa shape index (κ3) is 2.47. The first-order chi connectivity index (χ1) is 11.4. The number of carbonyl (C=O) groups excluding carboxylic acids is 1. The van der Waals surface area contributed by atoms with Crippen molar-refractivity contribution in [1.29, 1.82) is 0 Å². The van der Waals surface area contributed by atoms with Crippen LogP contribution in [-0.2, 0) is 14.1 Å². The second-order valence-electron chi connectivity index (χ2n) is 5.21. The second-order valence-corrected chi connectivity index (χ2v) is 5.21. The van der Waals surface area contributed by atoms with Gasteiger partial charge in [-0.1, -0.05) is 12.1 Å². The Bertz CT molecular complexity index is 983. The first-order valence-corrected chi connectivity index (χ1v) is 7.01. The molecule has 0 aliphatic carbocycles. The lowest BCUT2D eigenvalue weighted by atomic mass is 10.1. The molecule has 0 bridgehead atoms. The van der Waals surface area contributed by atoms with Crippen LogP contribution in [0.25, 0.3) is 6.08 Å². The molecule has 124 valence electrons. The molecule has 1 aromatic heterocycles. The Balaban J connectivity index is 1.96. The molecule has 1 aliphatic heterocycles. The van der Waals surface area contributed by atoms with Crippen molar-refractivity contribution >= 4 is 11.9 Å². The minimum Gasteiger partial charge on any atom is -0.494 e. The van der Waals surface area contributed by atoms with Gasteiger partial charge in [0.15, 0.2) is 17.3 Å². The Morgan fingerprint density at radius 3 is 2.62 bits per heavy atom. The molecule has 0 radical (unpaired) electrons. The smallest absolute Gasteiger partial charge is 0.333 e. The highest BCUT2D eigenvalue weighted by Gasteiger charge is 2.20. The Hall–Kier alpha value is -3.29. The van der Waals surface area contributed by atoms with Crippen LogP contribution in [0.2, 0.25) is 0 Å². The molecule has 1 N–H and O–H groups in total. The van der Waals surface area contributed by atoms with Crippen molar-refractivity contribution in [3.63, 3.8) is 0 Å². The van der Waals surface area contributed by atoms with E-state index in [1.807, 2.05) is 0 Å². The number of ether oxygens (including phenoxy) is 2. The number of rotatable bonds is 3. The second kappa shape index (κ2) is 5.73. The van der Waals surface area contributed by atoms with E-state index in [-0.39, 0.29) is 6.79 Å². The van der Waals surface area contributed by atoms with Crippen LogP contribution < -0.4 is 20.7 Å². The fourth-order valence-electron chi connectivity index (χ4n) is 2.32. The van der Waals surface area contributed by atoms with Crippen LogP contribution in [0.5, 0.6) is 17.4 Å². The van der Waals surface area contributed by atoms with Crippen LogP contribution in [0, 0.1) is 0 Å². The Morgan fingerprint density at radius 1 is 1.17 bits per heavy atom. The van der Waals surface area contributed by atoms with Gasteiger partial charge in [0.05, 0.1) is 0 Å². The lowest BCUT2D eigenvalue weighted by molar-refractivity contribution is 0.104. The lowest BCUT2D eigenvalue weighted by Gasteiger charge is -2.07. The standard InChI is InChI=1S/C16H14N2O6/c1-17-14(20)13(15(21)18(2)16(17)22)10(19)5-3-9-4-6-11-12(7-9)24-8-23-11/h3-7,20H,8H2,1-2H3/b5-3+. The normalized spacial score (nSPS) is 12.8. The van der Waals surface area contributed by atoms with Crippen molar-refractivity contribution in [2.45, 2.75) is 0 Å². The van der Waals surface area contributed by atoms with Gasteiger partial charge in [-0.05, 0) is 23.8 Å². The van der Waals surface area contributed by atoms with Gasteiger partial charge >= 0.3 is 5.69 Å². The van der Waals surface area contributed by atoms with Crippen LogP contribution in [-0.4, -0.2) is 26.8 Å². The van der Waals surface area contributed by atoms with Gasteiger partial charge in [0.2, 0.25) is 12.7 Å². The molecule has 0 amide bonds. The van der Waals surface area contributed by atoms with E-state index >= 15 is 0 Å². The van der Waals surface area contributed by atoms with Gasteiger partial charge in [-0.15, -0.1) is 0 Å². The quantitative estimate of drug-likeness (QED) is 0.646. The molecule has 1 aliphatic rings. The highest BCUT2D eigenvalue weighted by Crippen LogP contribution is 2.32. The van der Waals surface area contributed by atoms with Gasteiger partial charge in [0.25, 0.3) is 5.56 Å². The molecule has 8 nitrogen and oxygen atoms in total. The molecular formula is C16H14N2O6. The zero-order valence-corrected chi connectivity index (χ0v) is 13.0. The van der Waals surface area contributed by atoms with Gasteiger partial charge in [0.1, 0.15) is 5.56 Å². The Labute approximate surface area is 135 Å². The third-order valence-corrected chi connectivity index (χ3v) is 3.70. The molecule has 1 aromatic carbocycles. The van der Waals surface area contributed by atoms with Crippen LogP contribution in [0.1, 0.15) is 15.9 Å². The number of fused-ring (bicyclic) bond motifs is 1.